The molecule has 5 rings (SSSR count). The van der Waals surface area contributed by atoms with Crippen LogP contribution in [0.5, 0.6) is 0 Å². The summed E-state index contributed by atoms with van der Waals surface area (Å²) in [5.74, 6) is -1.77. The van der Waals surface area contributed by atoms with Crippen LogP contribution in [-0.2, 0) is 15.0 Å². The van der Waals surface area contributed by atoms with Crippen molar-refractivity contribution in [1.82, 2.24) is 0 Å². The van der Waals surface area contributed by atoms with E-state index in [1.54, 1.807) is 0 Å². The summed E-state index contributed by atoms with van der Waals surface area (Å²) in [7, 11) is 0. The molecule has 0 radical (unpaired) electrons. The molecule has 174 valence electrons. The van der Waals surface area contributed by atoms with Crippen molar-refractivity contribution in [2.24, 2.45) is 0 Å². The fourth-order valence-corrected chi connectivity index (χ4v) is 5.69. The molecular formula is C31H26O4. The van der Waals surface area contributed by atoms with Crippen molar-refractivity contribution in [2.75, 3.05) is 0 Å². The minimum absolute atomic E-state index is 0.0508. The maximum atomic E-state index is 11.9. The first kappa shape index (κ1) is 22.6. The van der Waals surface area contributed by atoms with Crippen molar-refractivity contribution in [3.63, 3.8) is 0 Å². The number of hydrogen-bond donors (Lipinski definition) is 2. The van der Waals surface area contributed by atoms with Crippen molar-refractivity contribution in [1.29, 1.82) is 0 Å². The average molecular weight is 463 g/mol. The maximum Gasteiger partial charge on any atom is 0.303 e. The number of rotatable bonds is 8. The van der Waals surface area contributed by atoms with Gasteiger partial charge >= 0.3 is 11.9 Å². The van der Waals surface area contributed by atoms with Gasteiger partial charge in [0, 0.05) is 18.3 Å². The number of carboxylic acids is 2. The lowest BCUT2D eigenvalue weighted by atomic mass is 9.67. The quantitative estimate of drug-likeness (QED) is 0.295. The molecule has 0 unspecified atom stereocenters. The van der Waals surface area contributed by atoms with Gasteiger partial charge in [-0.1, -0.05) is 97.1 Å². The molecule has 35 heavy (non-hydrogen) atoms. The molecule has 1 aliphatic carbocycles. The normalized spacial score (nSPS) is 13.1. The summed E-state index contributed by atoms with van der Waals surface area (Å²) >= 11 is 0. The molecule has 4 nitrogen and oxygen atoms in total. The molecule has 0 bridgehead atoms. The van der Waals surface area contributed by atoms with E-state index in [2.05, 4.69) is 48.5 Å². The summed E-state index contributed by atoms with van der Waals surface area (Å²) in [6.45, 7) is 0. The Morgan fingerprint density at radius 3 is 1.26 bits per heavy atom. The highest BCUT2D eigenvalue weighted by molar-refractivity contribution is 5.93. The zero-order valence-electron chi connectivity index (χ0n) is 19.3. The van der Waals surface area contributed by atoms with E-state index in [9.17, 15) is 19.8 Å². The molecule has 0 heterocycles. The highest BCUT2D eigenvalue weighted by Gasteiger charge is 2.46. The van der Waals surface area contributed by atoms with E-state index in [1.165, 1.54) is 0 Å². The lowest BCUT2D eigenvalue weighted by molar-refractivity contribution is -0.137. The van der Waals surface area contributed by atoms with Crippen LogP contribution < -0.4 is 0 Å². The van der Waals surface area contributed by atoms with E-state index >= 15 is 0 Å². The molecule has 4 aromatic rings. The molecule has 0 saturated carbocycles. The van der Waals surface area contributed by atoms with Gasteiger partial charge in [-0.25, -0.2) is 0 Å². The summed E-state index contributed by atoms with van der Waals surface area (Å²) in [5.41, 5.74) is 7.54. The maximum absolute atomic E-state index is 11.9. The number of carboxylic acid groups (broad SMARTS) is 2. The zero-order valence-corrected chi connectivity index (χ0v) is 19.3. The predicted octanol–water partition coefficient (Wildman–Crippen LogP) is 7.02. The highest BCUT2D eigenvalue weighted by atomic mass is 16.4. The van der Waals surface area contributed by atoms with Crippen molar-refractivity contribution in [3.8, 4) is 33.4 Å². The van der Waals surface area contributed by atoms with E-state index in [-0.39, 0.29) is 12.8 Å². The molecule has 1 aliphatic rings. The Bertz CT molecular complexity index is 1280. The van der Waals surface area contributed by atoms with E-state index in [4.69, 9.17) is 0 Å². The summed E-state index contributed by atoms with van der Waals surface area (Å²) < 4.78 is 0. The molecule has 0 saturated heterocycles. The molecule has 4 aromatic carbocycles. The van der Waals surface area contributed by atoms with E-state index in [0.29, 0.717) is 12.8 Å². The second-order valence-electron chi connectivity index (χ2n) is 9.06. The van der Waals surface area contributed by atoms with Crippen LogP contribution in [0.2, 0.25) is 0 Å². The molecule has 0 amide bonds. The van der Waals surface area contributed by atoms with Crippen LogP contribution in [0.3, 0.4) is 0 Å². The molecule has 0 fully saturated rings. The second-order valence-corrected chi connectivity index (χ2v) is 9.06. The average Bonchev–Trinajstić information content (AvgIpc) is 3.18. The predicted molar refractivity (Wildman–Crippen MR) is 137 cm³/mol. The van der Waals surface area contributed by atoms with Crippen molar-refractivity contribution in [3.05, 3.63) is 108 Å². The van der Waals surface area contributed by atoms with Gasteiger partial charge in [0.15, 0.2) is 0 Å². The summed E-state index contributed by atoms with van der Waals surface area (Å²) in [5, 5.41) is 19.4. The van der Waals surface area contributed by atoms with Gasteiger partial charge in [-0.15, -0.1) is 0 Å². The third kappa shape index (κ3) is 4.01. The van der Waals surface area contributed by atoms with Gasteiger partial charge in [-0.3, -0.25) is 9.59 Å². The Morgan fingerprint density at radius 2 is 0.886 bits per heavy atom. The fourth-order valence-electron chi connectivity index (χ4n) is 5.69. The van der Waals surface area contributed by atoms with E-state index in [1.807, 2.05) is 48.5 Å². The van der Waals surface area contributed by atoms with Crippen LogP contribution in [0.1, 0.15) is 36.8 Å². The highest BCUT2D eigenvalue weighted by Crippen LogP contribution is 2.59. The first-order valence-electron chi connectivity index (χ1n) is 11.8. The largest absolute Gasteiger partial charge is 0.481 e. The summed E-state index contributed by atoms with van der Waals surface area (Å²) in [6.07, 6.45) is 0.544. The third-order valence-corrected chi connectivity index (χ3v) is 7.08. The van der Waals surface area contributed by atoms with Gasteiger partial charge in [0.25, 0.3) is 0 Å². The number of benzene rings is 4. The summed E-state index contributed by atoms with van der Waals surface area (Å²) in [6, 6.07) is 32.5. The van der Waals surface area contributed by atoms with Crippen LogP contribution >= 0.6 is 0 Å². The van der Waals surface area contributed by atoms with Crippen LogP contribution in [-0.4, -0.2) is 22.2 Å². The number of carbonyl (C=O) groups is 2. The molecule has 0 atom stereocenters. The summed E-state index contributed by atoms with van der Waals surface area (Å²) in [4.78, 5) is 23.7. The van der Waals surface area contributed by atoms with Crippen LogP contribution in [0.4, 0.5) is 0 Å². The number of aliphatic carboxylic acids is 2. The molecule has 4 heteroatoms. The number of fused-ring (bicyclic) bond motifs is 3. The van der Waals surface area contributed by atoms with Crippen LogP contribution in [0.25, 0.3) is 33.4 Å². The Kier molecular flexibility index (Phi) is 5.96. The standard InChI is InChI=1S/C31H26O4/c32-27(33)17-19-31(20-18-28(34)35)29-23(21-9-3-1-4-10-21)13-7-15-25(29)26-16-8-14-24(30(26)31)22-11-5-2-6-12-22/h1-16H,17-20H2,(H,32,33)(H,34,35). The molecule has 0 aromatic heterocycles. The lowest BCUT2D eigenvalue weighted by Crippen LogP contribution is -2.29. The Labute approximate surface area is 204 Å². The topological polar surface area (TPSA) is 74.6 Å². The van der Waals surface area contributed by atoms with Crippen molar-refractivity contribution < 1.29 is 19.8 Å². The van der Waals surface area contributed by atoms with Gasteiger partial charge in [0.2, 0.25) is 0 Å². The van der Waals surface area contributed by atoms with Crippen LogP contribution in [0, 0.1) is 0 Å². The molecule has 0 aliphatic heterocycles. The third-order valence-electron chi connectivity index (χ3n) is 7.08. The monoisotopic (exact) mass is 462 g/mol. The SMILES string of the molecule is O=C(O)CCC1(CCC(=O)O)c2c(-c3ccccc3)cccc2-c2cccc(-c3ccccc3)c21. The van der Waals surface area contributed by atoms with Gasteiger partial charge in [-0.2, -0.15) is 0 Å². The molecule has 0 spiro atoms. The second kappa shape index (κ2) is 9.22. The molecule has 2 N–H and O–H groups in total. The van der Waals surface area contributed by atoms with E-state index < -0.39 is 17.4 Å². The Balaban J connectivity index is 1.86. The Hall–Kier alpha value is -4.18. The van der Waals surface area contributed by atoms with Gasteiger partial charge in [-0.05, 0) is 57.3 Å². The Morgan fingerprint density at radius 1 is 0.514 bits per heavy atom. The zero-order chi connectivity index (χ0) is 24.4. The van der Waals surface area contributed by atoms with Gasteiger partial charge in [0.1, 0.15) is 0 Å². The minimum atomic E-state index is -0.885. The fraction of sp³-hybridized carbons (Fsp3) is 0.161. The van der Waals surface area contributed by atoms with Crippen molar-refractivity contribution >= 4 is 11.9 Å². The number of hydrogen-bond acceptors (Lipinski definition) is 2. The lowest BCUT2D eigenvalue weighted by Gasteiger charge is -2.35. The van der Waals surface area contributed by atoms with Crippen molar-refractivity contribution in [2.45, 2.75) is 31.1 Å². The molecular weight excluding hydrogens is 436 g/mol. The smallest absolute Gasteiger partial charge is 0.303 e. The van der Waals surface area contributed by atoms with Gasteiger partial charge < -0.3 is 10.2 Å². The minimum Gasteiger partial charge on any atom is -0.481 e. The van der Waals surface area contributed by atoms with E-state index in [0.717, 1.165) is 44.5 Å². The van der Waals surface area contributed by atoms with Crippen LogP contribution in [0.15, 0.2) is 97.1 Å². The first-order chi connectivity index (χ1) is 17.0. The van der Waals surface area contributed by atoms with Gasteiger partial charge in [0.05, 0.1) is 0 Å². The first-order valence-corrected chi connectivity index (χ1v) is 11.8.